The number of hydrogen-bond donors (Lipinski definition) is 2. The Morgan fingerprint density at radius 1 is 1.17 bits per heavy atom. The SMILES string of the molecule is COc1ccc(OC)c(C(O)CNC(=O)c2cccc(CN3CCOCC3)c2)c1. The van der Waals surface area contributed by atoms with Crippen molar-refractivity contribution in [2.24, 2.45) is 0 Å². The van der Waals surface area contributed by atoms with E-state index in [0.717, 1.165) is 38.4 Å². The third kappa shape index (κ3) is 5.69. The third-order valence-corrected chi connectivity index (χ3v) is 4.95. The highest BCUT2D eigenvalue weighted by Gasteiger charge is 2.17. The second-order valence-corrected chi connectivity index (χ2v) is 6.92. The predicted molar refractivity (Wildman–Crippen MR) is 109 cm³/mol. The molecule has 1 aliphatic rings. The fourth-order valence-electron chi connectivity index (χ4n) is 3.33. The highest BCUT2D eigenvalue weighted by atomic mass is 16.5. The molecule has 1 amide bonds. The van der Waals surface area contributed by atoms with E-state index in [9.17, 15) is 9.90 Å². The Balaban J connectivity index is 1.61. The number of morpholine rings is 1. The van der Waals surface area contributed by atoms with E-state index in [4.69, 9.17) is 14.2 Å². The van der Waals surface area contributed by atoms with Gasteiger partial charge in [-0.25, -0.2) is 0 Å². The number of nitrogens with zero attached hydrogens (tertiary/aromatic N) is 1. The highest BCUT2D eigenvalue weighted by molar-refractivity contribution is 5.94. The van der Waals surface area contributed by atoms with Gasteiger partial charge in [0.05, 0.1) is 27.4 Å². The van der Waals surface area contributed by atoms with Crippen LogP contribution in [0.4, 0.5) is 0 Å². The summed E-state index contributed by atoms with van der Waals surface area (Å²) in [4.78, 5) is 14.9. The van der Waals surface area contributed by atoms with Crippen LogP contribution in [0.3, 0.4) is 0 Å². The van der Waals surface area contributed by atoms with Crippen molar-refractivity contribution in [2.45, 2.75) is 12.6 Å². The van der Waals surface area contributed by atoms with Crippen LogP contribution in [0.15, 0.2) is 42.5 Å². The number of amides is 1. The van der Waals surface area contributed by atoms with Crippen LogP contribution in [0.2, 0.25) is 0 Å². The number of nitrogens with one attached hydrogen (secondary N) is 1. The largest absolute Gasteiger partial charge is 0.497 e. The zero-order valence-corrected chi connectivity index (χ0v) is 16.9. The first kappa shape index (κ1) is 21.1. The summed E-state index contributed by atoms with van der Waals surface area (Å²) in [5.74, 6) is 0.928. The van der Waals surface area contributed by atoms with Crippen molar-refractivity contribution in [2.75, 3.05) is 47.1 Å². The molecule has 1 saturated heterocycles. The maximum Gasteiger partial charge on any atom is 0.251 e. The minimum absolute atomic E-state index is 0.0655. The molecule has 2 aromatic carbocycles. The Labute approximate surface area is 171 Å². The molecule has 2 aromatic rings. The summed E-state index contributed by atoms with van der Waals surface area (Å²) in [6.45, 7) is 4.12. The van der Waals surface area contributed by atoms with Crippen LogP contribution in [-0.4, -0.2) is 63.0 Å². The number of ether oxygens (including phenoxy) is 3. The van der Waals surface area contributed by atoms with Crippen molar-refractivity contribution < 1.29 is 24.1 Å². The lowest BCUT2D eigenvalue weighted by Crippen LogP contribution is -2.35. The number of methoxy groups -OCH3 is 2. The van der Waals surface area contributed by atoms with Crippen molar-refractivity contribution in [1.82, 2.24) is 10.2 Å². The third-order valence-electron chi connectivity index (χ3n) is 4.95. The van der Waals surface area contributed by atoms with Crippen molar-refractivity contribution in [1.29, 1.82) is 0 Å². The predicted octanol–water partition coefficient (Wildman–Crippen LogP) is 2.00. The maximum absolute atomic E-state index is 12.6. The molecule has 0 radical (unpaired) electrons. The number of aliphatic hydroxyl groups is 1. The smallest absolute Gasteiger partial charge is 0.251 e. The topological polar surface area (TPSA) is 80.3 Å². The summed E-state index contributed by atoms with van der Waals surface area (Å²) in [6.07, 6.45) is -0.916. The van der Waals surface area contributed by atoms with Crippen LogP contribution >= 0.6 is 0 Å². The van der Waals surface area contributed by atoms with Crippen molar-refractivity contribution in [3.63, 3.8) is 0 Å². The number of carbonyl (C=O) groups excluding carboxylic acids is 1. The summed E-state index contributed by atoms with van der Waals surface area (Å²) in [6, 6.07) is 12.8. The fraction of sp³-hybridized carbons (Fsp3) is 0.409. The van der Waals surface area contributed by atoms with E-state index in [1.807, 2.05) is 18.2 Å². The zero-order valence-electron chi connectivity index (χ0n) is 16.9. The molecule has 1 fully saturated rings. The standard InChI is InChI=1S/C22H28N2O5/c1-27-18-6-7-21(28-2)19(13-18)20(25)14-23-22(26)17-5-3-4-16(12-17)15-24-8-10-29-11-9-24/h3-7,12-13,20,25H,8-11,14-15H2,1-2H3,(H,23,26). The molecule has 1 aliphatic heterocycles. The van der Waals surface area contributed by atoms with E-state index in [0.29, 0.717) is 22.6 Å². The zero-order chi connectivity index (χ0) is 20.6. The monoisotopic (exact) mass is 400 g/mol. The first-order valence-corrected chi connectivity index (χ1v) is 9.68. The van der Waals surface area contributed by atoms with Crippen LogP contribution < -0.4 is 14.8 Å². The summed E-state index contributed by atoms with van der Waals surface area (Å²) >= 11 is 0. The van der Waals surface area contributed by atoms with Gasteiger partial charge in [-0.05, 0) is 35.9 Å². The Hall–Kier alpha value is -2.61. The summed E-state index contributed by atoms with van der Waals surface area (Å²) < 4.78 is 15.9. The van der Waals surface area contributed by atoms with E-state index in [2.05, 4.69) is 10.2 Å². The molecule has 7 nitrogen and oxygen atoms in total. The lowest BCUT2D eigenvalue weighted by Gasteiger charge is -2.26. The molecule has 0 saturated carbocycles. The van der Waals surface area contributed by atoms with Crippen LogP contribution in [0.25, 0.3) is 0 Å². The van der Waals surface area contributed by atoms with Crippen molar-refractivity contribution >= 4 is 5.91 Å². The number of hydrogen-bond acceptors (Lipinski definition) is 6. The molecule has 1 unspecified atom stereocenters. The minimum atomic E-state index is -0.916. The van der Waals surface area contributed by atoms with Gasteiger partial charge in [0.1, 0.15) is 17.6 Å². The minimum Gasteiger partial charge on any atom is -0.497 e. The Morgan fingerprint density at radius 3 is 2.69 bits per heavy atom. The van der Waals surface area contributed by atoms with E-state index in [-0.39, 0.29) is 12.5 Å². The second kappa shape index (κ2) is 10.2. The average Bonchev–Trinajstić information content (AvgIpc) is 2.77. The second-order valence-electron chi connectivity index (χ2n) is 6.92. The summed E-state index contributed by atoms with van der Waals surface area (Å²) in [5.41, 5.74) is 2.21. The normalized spacial score (nSPS) is 15.6. The Morgan fingerprint density at radius 2 is 1.97 bits per heavy atom. The molecule has 1 atom stereocenters. The fourth-order valence-corrected chi connectivity index (χ4v) is 3.33. The Bertz CT molecular complexity index is 821. The Kier molecular flexibility index (Phi) is 7.46. The van der Waals surface area contributed by atoms with E-state index in [1.54, 1.807) is 31.4 Å². The van der Waals surface area contributed by atoms with Crippen molar-refractivity contribution in [3.05, 3.63) is 59.2 Å². The molecule has 0 aromatic heterocycles. The average molecular weight is 400 g/mol. The van der Waals surface area contributed by atoms with E-state index in [1.165, 1.54) is 7.11 Å². The van der Waals surface area contributed by atoms with Gasteiger partial charge in [0.25, 0.3) is 5.91 Å². The van der Waals surface area contributed by atoms with Crippen molar-refractivity contribution in [3.8, 4) is 11.5 Å². The lowest BCUT2D eigenvalue weighted by molar-refractivity contribution is 0.0342. The molecular formula is C22H28N2O5. The summed E-state index contributed by atoms with van der Waals surface area (Å²) in [7, 11) is 3.10. The number of benzene rings is 2. The van der Waals surface area contributed by atoms with Gasteiger partial charge in [0, 0.05) is 37.3 Å². The first-order valence-electron chi connectivity index (χ1n) is 9.68. The number of carbonyl (C=O) groups is 1. The molecule has 0 bridgehead atoms. The van der Waals surface area contributed by atoms with E-state index < -0.39 is 6.10 Å². The van der Waals surface area contributed by atoms with Crippen LogP contribution in [0, 0.1) is 0 Å². The molecule has 2 N–H and O–H groups in total. The van der Waals surface area contributed by atoms with Gasteiger partial charge in [-0.2, -0.15) is 0 Å². The molecule has 3 rings (SSSR count). The molecule has 156 valence electrons. The number of rotatable bonds is 8. The van der Waals surface area contributed by atoms with Gasteiger partial charge in [-0.1, -0.05) is 12.1 Å². The molecule has 7 heteroatoms. The van der Waals surface area contributed by atoms with Gasteiger partial charge in [0.15, 0.2) is 0 Å². The number of aliphatic hydroxyl groups excluding tert-OH is 1. The molecule has 1 heterocycles. The molecule has 0 spiro atoms. The van der Waals surface area contributed by atoms with Crippen LogP contribution in [0.5, 0.6) is 11.5 Å². The summed E-state index contributed by atoms with van der Waals surface area (Å²) in [5, 5.41) is 13.3. The van der Waals surface area contributed by atoms with Crippen LogP contribution in [-0.2, 0) is 11.3 Å². The highest BCUT2D eigenvalue weighted by Crippen LogP contribution is 2.29. The van der Waals surface area contributed by atoms with Gasteiger partial charge in [-0.3, -0.25) is 9.69 Å². The maximum atomic E-state index is 12.6. The van der Waals surface area contributed by atoms with Gasteiger partial charge < -0.3 is 24.6 Å². The van der Waals surface area contributed by atoms with Crippen LogP contribution in [0.1, 0.15) is 27.6 Å². The lowest BCUT2D eigenvalue weighted by atomic mass is 10.1. The van der Waals surface area contributed by atoms with Gasteiger partial charge in [-0.15, -0.1) is 0 Å². The first-order chi connectivity index (χ1) is 14.1. The van der Waals surface area contributed by atoms with E-state index >= 15 is 0 Å². The molecular weight excluding hydrogens is 372 g/mol. The quantitative estimate of drug-likeness (QED) is 0.706. The van der Waals surface area contributed by atoms with Gasteiger partial charge >= 0.3 is 0 Å². The molecule has 0 aliphatic carbocycles. The molecule has 29 heavy (non-hydrogen) atoms. The van der Waals surface area contributed by atoms with Gasteiger partial charge in [0.2, 0.25) is 0 Å².